The minimum atomic E-state index is -0.0191. The van der Waals surface area contributed by atoms with Crippen molar-refractivity contribution in [3.8, 4) is 5.75 Å². The molecule has 2 heterocycles. The highest BCUT2D eigenvalue weighted by Crippen LogP contribution is 2.32. The first-order valence-corrected chi connectivity index (χ1v) is 10.3. The molecule has 156 valence electrons. The van der Waals surface area contributed by atoms with E-state index in [-0.39, 0.29) is 5.91 Å². The van der Waals surface area contributed by atoms with E-state index in [2.05, 4.69) is 47.2 Å². The van der Waals surface area contributed by atoms with Gasteiger partial charge in [0.15, 0.2) is 0 Å². The van der Waals surface area contributed by atoms with Crippen molar-refractivity contribution in [2.75, 3.05) is 50.1 Å². The molecule has 0 radical (unpaired) electrons. The summed E-state index contributed by atoms with van der Waals surface area (Å²) in [5.41, 5.74) is 5.32. The van der Waals surface area contributed by atoms with Gasteiger partial charge < -0.3 is 15.0 Å². The van der Waals surface area contributed by atoms with Crippen LogP contribution in [0.3, 0.4) is 0 Å². The number of benzene rings is 2. The van der Waals surface area contributed by atoms with Gasteiger partial charge in [0.25, 0.3) is 0 Å². The SMILES string of the molecule is COc1ccccc1NC(=O)CN1CCN(c2c(C)c(C)nc3ccccc23)CC1. The summed E-state index contributed by atoms with van der Waals surface area (Å²) in [4.78, 5) is 21.9. The first-order valence-electron chi connectivity index (χ1n) is 10.3. The van der Waals surface area contributed by atoms with Crippen molar-refractivity contribution in [1.29, 1.82) is 0 Å². The summed E-state index contributed by atoms with van der Waals surface area (Å²) in [5, 5.41) is 4.16. The van der Waals surface area contributed by atoms with Crippen LogP contribution in [0.4, 0.5) is 11.4 Å². The summed E-state index contributed by atoms with van der Waals surface area (Å²) in [6.07, 6.45) is 0. The molecule has 0 spiro atoms. The Hall–Kier alpha value is -3.12. The lowest BCUT2D eigenvalue weighted by Crippen LogP contribution is -2.49. The number of hydrogen-bond acceptors (Lipinski definition) is 5. The number of amides is 1. The van der Waals surface area contributed by atoms with Crippen LogP contribution in [0.15, 0.2) is 48.5 Å². The second-order valence-corrected chi connectivity index (χ2v) is 7.70. The third-order valence-electron chi connectivity index (χ3n) is 5.78. The predicted octanol–water partition coefficient (Wildman–Crippen LogP) is 3.62. The number of anilines is 2. The summed E-state index contributed by atoms with van der Waals surface area (Å²) < 4.78 is 5.32. The molecule has 1 saturated heterocycles. The zero-order valence-electron chi connectivity index (χ0n) is 17.8. The topological polar surface area (TPSA) is 57.7 Å². The van der Waals surface area contributed by atoms with Crippen molar-refractivity contribution in [1.82, 2.24) is 9.88 Å². The van der Waals surface area contributed by atoms with Crippen LogP contribution in [-0.4, -0.2) is 55.6 Å². The number of nitrogens with zero attached hydrogens (tertiary/aromatic N) is 3. The Kier molecular flexibility index (Phi) is 5.86. The number of carbonyl (C=O) groups excluding carboxylic acids is 1. The van der Waals surface area contributed by atoms with Gasteiger partial charge in [-0.2, -0.15) is 0 Å². The van der Waals surface area contributed by atoms with Crippen LogP contribution in [0.1, 0.15) is 11.3 Å². The first kappa shape index (κ1) is 20.2. The molecule has 4 rings (SSSR count). The van der Waals surface area contributed by atoms with Gasteiger partial charge in [-0.3, -0.25) is 14.7 Å². The Morgan fingerprint density at radius 2 is 1.73 bits per heavy atom. The Labute approximate surface area is 177 Å². The van der Waals surface area contributed by atoms with Crippen molar-refractivity contribution < 1.29 is 9.53 Å². The van der Waals surface area contributed by atoms with Gasteiger partial charge in [-0.15, -0.1) is 0 Å². The monoisotopic (exact) mass is 404 g/mol. The highest BCUT2D eigenvalue weighted by Gasteiger charge is 2.23. The maximum Gasteiger partial charge on any atom is 0.238 e. The van der Waals surface area contributed by atoms with E-state index in [1.807, 2.05) is 30.3 Å². The molecule has 1 N–H and O–H groups in total. The number of hydrogen-bond donors (Lipinski definition) is 1. The maximum absolute atomic E-state index is 12.5. The molecule has 0 bridgehead atoms. The van der Waals surface area contributed by atoms with Gasteiger partial charge in [0.05, 0.1) is 30.5 Å². The number of para-hydroxylation sites is 3. The van der Waals surface area contributed by atoms with E-state index in [9.17, 15) is 4.79 Å². The Morgan fingerprint density at radius 1 is 1.03 bits per heavy atom. The standard InChI is InChI=1S/C24H28N4O2/c1-17-18(2)25-20-9-5-4-8-19(20)24(17)28-14-12-27(13-15-28)16-23(29)26-21-10-6-7-11-22(21)30-3/h4-11H,12-16H2,1-3H3,(H,26,29). The highest BCUT2D eigenvalue weighted by atomic mass is 16.5. The second kappa shape index (κ2) is 8.71. The lowest BCUT2D eigenvalue weighted by molar-refractivity contribution is -0.117. The Balaban J connectivity index is 1.42. The lowest BCUT2D eigenvalue weighted by atomic mass is 10.1. The number of pyridine rings is 1. The molecule has 0 aliphatic carbocycles. The van der Waals surface area contributed by atoms with Gasteiger partial charge in [-0.1, -0.05) is 30.3 Å². The second-order valence-electron chi connectivity index (χ2n) is 7.70. The molecule has 3 aromatic rings. The lowest BCUT2D eigenvalue weighted by Gasteiger charge is -2.37. The molecule has 1 aromatic heterocycles. The van der Waals surface area contributed by atoms with Crippen LogP contribution in [-0.2, 0) is 4.79 Å². The summed E-state index contributed by atoms with van der Waals surface area (Å²) in [7, 11) is 1.61. The van der Waals surface area contributed by atoms with Crippen molar-refractivity contribution in [3.05, 3.63) is 59.8 Å². The predicted molar refractivity (Wildman–Crippen MR) is 121 cm³/mol. The van der Waals surface area contributed by atoms with Crippen LogP contribution in [0.25, 0.3) is 10.9 Å². The number of methoxy groups -OCH3 is 1. The van der Waals surface area contributed by atoms with E-state index in [1.54, 1.807) is 7.11 Å². The number of fused-ring (bicyclic) bond motifs is 1. The van der Waals surface area contributed by atoms with Crippen LogP contribution in [0.5, 0.6) is 5.75 Å². The Bertz CT molecular complexity index is 1060. The fourth-order valence-electron chi connectivity index (χ4n) is 4.09. The fourth-order valence-corrected chi connectivity index (χ4v) is 4.09. The van der Waals surface area contributed by atoms with Crippen LogP contribution in [0.2, 0.25) is 0 Å². The van der Waals surface area contributed by atoms with Crippen LogP contribution < -0.4 is 15.0 Å². The molecule has 1 fully saturated rings. The van der Waals surface area contributed by atoms with E-state index in [4.69, 9.17) is 9.72 Å². The molecule has 0 saturated carbocycles. The molecule has 1 aliphatic heterocycles. The zero-order chi connectivity index (χ0) is 21.1. The molecular formula is C24H28N4O2. The highest BCUT2D eigenvalue weighted by molar-refractivity contribution is 5.94. The van der Waals surface area contributed by atoms with Gasteiger partial charge in [-0.25, -0.2) is 0 Å². The van der Waals surface area contributed by atoms with Gasteiger partial charge >= 0.3 is 0 Å². The van der Waals surface area contributed by atoms with E-state index in [0.717, 1.165) is 37.4 Å². The number of aryl methyl sites for hydroxylation is 1. The smallest absolute Gasteiger partial charge is 0.238 e. The van der Waals surface area contributed by atoms with Crippen molar-refractivity contribution in [2.24, 2.45) is 0 Å². The summed E-state index contributed by atoms with van der Waals surface area (Å²) in [6.45, 7) is 8.05. The largest absolute Gasteiger partial charge is 0.495 e. The third kappa shape index (κ3) is 4.09. The minimum Gasteiger partial charge on any atom is -0.495 e. The van der Waals surface area contributed by atoms with Gasteiger partial charge in [-0.05, 0) is 37.6 Å². The van der Waals surface area contributed by atoms with Crippen molar-refractivity contribution in [3.63, 3.8) is 0 Å². The number of nitrogens with one attached hydrogen (secondary N) is 1. The Morgan fingerprint density at radius 3 is 2.50 bits per heavy atom. The molecule has 6 heteroatoms. The first-order chi connectivity index (χ1) is 14.6. The number of rotatable bonds is 5. The average molecular weight is 405 g/mol. The van der Waals surface area contributed by atoms with Crippen LogP contribution >= 0.6 is 0 Å². The zero-order valence-corrected chi connectivity index (χ0v) is 17.8. The van der Waals surface area contributed by atoms with Gasteiger partial charge in [0.2, 0.25) is 5.91 Å². The molecule has 2 aromatic carbocycles. The number of ether oxygens (including phenoxy) is 1. The summed E-state index contributed by atoms with van der Waals surface area (Å²) in [6, 6.07) is 15.8. The molecule has 1 aliphatic rings. The average Bonchev–Trinajstić information content (AvgIpc) is 2.76. The van der Waals surface area contributed by atoms with E-state index >= 15 is 0 Å². The number of aromatic nitrogens is 1. The molecule has 0 unspecified atom stereocenters. The fraction of sp³-hybridized carbons (Fsp3) is 0.333. The maximum atomic E-state index is 12.5. The van der Waals surface area contributed by atoms with Crippen molar-refractivity contribution in [2.45, 2.75) is 13.8 Å². The molecule has 0 atom stereocenters. The quantitative estimate of drug-likeness (QED) is 0.704. The van der Waals surface area contributed by atoms with Gasteiger partial charge in [0, 0.05) is 37.3 Å². The normalized spacial score (nSPS) is 14.7. The van der Waals surface area contributed by atoms with Crippen molar-refractivity contribution >= 4 is 28.2 Å². The van der Waals surface area contributed by atoms with Gasteiger partial charge in [0.1, 0.15) is 5.75 Å². The van der Waals surface area contributed by atoms with E-state index in [0.29, 0.717) is 18.0 Å². The van der Waals surface area contributed by atoms with E-state index < -0.39 is 0 Å². The molecule has 6 nitrogen and oxygen atoms in total. The number of carbonyl (C=O) groups is 1. The summed E-state index contributed by atoms with van der Waals surface area (Å²) >= 11 is 0. The minimum absolute atomic E-state index is 0.0191. The van der Waals surface area contributed by atoms with Crippen LogP contribution in [0, 0.1) is 13.8 Å². The molecule has 30 heavy (non-hydrogen) atoms. The third-order valence-corrected chi connectivity index (χ3v) is 5.78. The number of piperazine rings is 1. The molecular weight excluding hydrogens is 376 g/mol. The molecule has 1 amide bonds. The summed E-state index contributed by atoms with van der Waals surface area (Å²) in [5.74, 6) is 0.653. The van der Waals surface area contributed by atoms with E-state index in [1.165, 1.54) is 16.6 Å².